The Morgan fingerprint density at radius 1 is 0.674 bits per heavy atom. The van der Waals surface area contributed by atoms with Crippen molar-refractivity contribution in [1.29, 1.82) is 0 Å². The summed E-state index contributed by atoms with van der Waals surface area (Å²) in [4.78, 5) is 0. The fourth-order valence-electron chi connectivity index (χ4n) is 9.52. The third kappa shape index (κ3) is 9.07. The summed E-state index contributed by atoms with van der Waals surface area (Å²) in [7, 11) is 0. The first-order valence-corrected chi connectivity index (χ1v) is 18.5. The van der Waals surface area contributed by atoms with Gasteiger partial charge in [-0.1, -0.05) is 88.1 Å². The highest BCUT2D eigenvalue weighted by Gasteiger charge is 2.51. The summed E-state index contributed by atoms with van der Waals surface area (Å²) in [6.45, 7) is 10.5. The van der Waals surface area contributed by atoms with Crippen molar-refractivity contribution in [2.45, 2.75) is 128 Å². The molecule has 4 bridgehead atoms. The first-order chi connectivity index (χ1) is 22.5. The Kier molecular flexibility index (Phi) is 11.6. The molecule has 0 heterocycles. The Balaban J connectivity index is 0.000000162. The number of benzene rings is 2. The Morgan fingerprint density at radius 3 is 1.65 bits per heavy atom. The van der Waals surface area contributed by atoms with Crippen LogP contribution >= 0.6 is 0 Å². The molecule has 4 nitrogen and oxygen atoms in total. The van der Waals surface area contributed by atoms with Crippen LogP contribution in [0.4, 0.5) is 0 Å². The summed E-state index contributed by atoms with van der Waals surface area (Å²) in [5, 5.41) is 0. The summed E-state index contributed by atoms with van der Waals surface area (Å²) in [6.07, 6.45) is 25.3. The fraction of sp³-hybridized carbons (Fsp3) is 0.619. The molecular weight excluding hydrogens is 568 g/mol. The van der Waals surface area contributed by atoms with Gasteiger partial charge in [-0.05, 0) is 130 Å². The lowest BCUT2D eigenvalue weighted by Crippen LogP contribution is -2.48. The zero-order valence-corrected chi connectivity index (χ0v) is 28.4. The van der Waals surface area contributed by atoms with Crippen LogP contribution in [0.1, 0.15) is 121 Å². The van der Waals surface area contributed by atoms with Crippen LogP contribution in [0.25, 0.3) is 12.2 Å². The van der Waals surface area contributed by atoms with Crippen LogP contribution in [0.5, 0.6) is 11.5 Å². The zero-order chi connectivity index (χ0) is 31.8. The van der Waals surface area contributed by atoms with Crippen molar-refractivity contribution in [3.8, 4) is 11.5 Å². The molecule has 2 atom stereocenters. The number of hydrogen-bond acceptors (Lipinski definition) is 4. The van der Waals surface area contributed by atoms with Crippen LogP contribution < -0.4 is 9.47 Å². The monoisotopic (exact) mass is 626 g/mol. The highest BCUT2D eigenvalue weighted by molar-refractivity contribution is 5.48. The third-order valence-electron chi connectivity index (χ3n) is 11.5. The molecule has 0 aliphatic heterocycles. The van der Waals surface area contributed by atoms with Crippen molar-refractivity contribution in [2.24, 2.45) is 29.1 Å². The van der Waals surface area contributed by atoms with Crippen molar-refractivity contribution in [3.05, 3.63) is 72.8 Å². The molecule has 46 heavy (non-hydrogen) atoms. The molecular formula is C42H58O4. The van der Waals surface area contributed by atoms with E-state index in [4.69, 9.17) is 18.9 Å². The average Bonchev–Trinajstić information content (AvgIpc) is 3.08. The van der Waals surface area contributed by atoms with Gasteiger partial charge >= 0.3 is 0 Å². The second kappa shape index (κ2) is 16.0. The van der Waals surface area contributed by atoms with Gasteiger partial charge in [0.1, 0.15) is 11.5 Å². The van der Waals surface area contributed by atoms with E-state index in [1.54, 1.807) is 0 Å². The standard InChI is InChI=1S/C21H28O2.C21H30O2/c1-3-16-4-6-20(7-5-16)23-15(2)22-14-21-11-17-8-18(12-21)10-19(9-17)13-21;1-2-17-13-15-20(16-14-17)23-21(18-9-5-3-6-10-18)22-19-11-7-4-8-12-19/h3-7,15,17-19H,1,8-14H2,2H3;2,13-16,18-19,21H,1,3-12H2. The van der Waals surface area contributed by atoms with E-state index in [-0.39, 0.29) is 12.6 Å². The maximum Gasteiger partial charge on any atom is 0.202 e. The molecule has 0 aromatic heterocycles. The van der Waals surface area contributed by atoms with Crippen molar-refractivity contribution in [3.63, 3.8) is 0 Å². The Bertz CT molecular complexity index is 1190. The maximum atomic E-state index is 6.45. The Labute approximate surface area is 278 Å². The first kappa shape index (κ1) is 33.3. The van der Waals surface area contributed by atoms with E-state index >= 15 is 0 Å². The molecule has 6 saturated carbocycles. The van der Waals surface area contributed by atoms with Crippen LogP contribution in [-0.2, 0) is 9.47 Å². The lowest BCUT2D eigenvalue weighted by Gasteiger charge is -2.56. The van der Waals surface area contributed by atoms with E-state index < -0.39 is 0 Å². The summed E-state index contributed by atoms with van der Waals surface area (Å²) in [6, 6.07) is 16.2. The van der Waals surface area contributed by atoms with E-state index in [2.05, 4.69) is 25.3 Å². The molecule has 0 amide bonds. The minimum Gasteiger partial charge on any atom is -0.465 e. The highest BCUT2D eigenvalue weighted by Crippen LogP contribution is 2.60. The Hall–Kier alpha value is -2.56. The molecule has 2 aromatic carbocycles. The molecule has 0 spiro atoms. The van der Waals surface area contributed by atoms with Gasteiger partial charge in [0.15, 0.2) is 6.29 Å². The van der Waals surface area contributed by atoms with E-state index in [1.807, 2.05) is 55.5 Å². The van der Waals surface area contributed by atoms with Crippen LogP contribution in [0.15, 0.2) is 61.7 Å². The lowest BCUT2D eigenvalue weighted by atomic mass is 9.50. The second-order valence-electron chi connectivity index (χ2n) is 15.2. The third-order valence-corrected chi connectivity index (χ3v) is 11.5. The van der Waals surface area contributed by atoms with Gasteiger partial charge in [0.05, 0.1) is 12.7 Å². The molecule has 6 aliphatic carbocycles. The molecule has 250 valence electrons. The van der Waals surface area contributed by atoms with Gasteiger partial charge in [0.25, 0.3) is 0 Å². The Morgan fingerprint density at radius 2 is 1.15 bits per heavy atom. The van der Waals surface area contributed by atoms with Gasteiger partial charge in [-0.25, -0.2) is 0 Å². The normalized spacial score (nSPS) is 28.8. The smallest absolute Gasteiger partial charge is 0.202 e. The van der Waals surface area contributed by atoms with E-state index in [0.717, 1.165) is 47.0 Å². The highest BCUT2D eigenvalue weighted by atomic mass is 16.7. The van der Waals surface area contributed by atoms with Gasteiger partial charge in [-0.3, -0.25) is 0 Å². The minimum atomic E-state index is -0.183. The van der Waals surface area contributed by atoms with Crippen molar-refractivity contribution in [2.75, 3.05) is 6.61 Å². The maximum absolute atomic E-state index is 6.45. The molecule has 0 saturated heterocycles. The molecule has 6 fully saturated rings. The molecule has 2 aromatic rings. The summed E-state index contributed by atoms with van der Waals surface area (Å²) in [5.41, 5.74) is 2.69. The molecule has 6 aliphatic rings. The molecule has 4 heteroatoms. The zero-order valence-electron chi connectivity index (χ0n) is 28.4. The summed E-state index contributed by atoms with van der Waals surface area (Å²) in [5.74, 6) is 5.27. The van der Waals surface area contributed by atoms with E-state index in [9.17, 15) is 0 Å². The number of ether oxygens (including phenoxy) is 4. The largest absolute Gasteiger partial charge is 0.465 e. The average molecular weight is 627 g/mol. The number of hydrogen-bond donors (Lipinski definition) is 0. The van der Waals surface area contributed by atoms with Crippen molar-refractivity contribution in [1.82, 2.24) is 0 Å². The lowest BCUT2D eigenvalue weighted by molar-refractivity contribution is -0.161. The van der Waals surface area contributed by atoms with Gasteiger partial charge < -0.3 is 18.9 Å². The van der Waals surface area contributed by atoms with Crippen molar-refractivity contribution < 1.29 is 18.9 Å². The van der Waals surface area contributed by atoms with E-state index in [1.165, 1.54) is 103 Å². The van der Waals surface area contributed by atoms with Gasteiger partial charge in [0.2, 0.25) is 6.29 Å². The van der Waals surface area contributed by atoms with Crippen LogP contribution in [0.2, 0.25) is 0 Å². The molecule has 2 unspecified atom stereocenters. The summed E-state index contributed by atoms with van der Waals surface area (Å²) >= 11 is 0. The predicted octanol–water partition coefficient (Wildman–Crippen LogP) is 11.3. The minimum absolute atomic E-state index is 0.0759. The van der Waals surface area contributed by atoms with Gasteiger partial charge in [-0.2, -0.15) is 0 Å². The fourth-order valence-corrected chi connectivity index (χ4v) is 9.52. The van der Waals surface area contributed by atoms with Crippen molar-refractivity contribution >= 4 is 12.2 Å². The van der Waals surface area contributed by atoms with Gasteiger partial charge in [-0.15, -0.1) is 0 Å². The van der Waals surface area contributed by atoms with Crippen LogP contribution in [-0.4, -0.2) is 25.3 Å². The van der Waals surface area contributed by atoms with Crippen LogP contribution in [0.3, 0.4) is 0 Å². The second-order valence-corrected chi connectivity index (χ2v) is 15.2. The number of rotatable bonds is 12. The molecule has 0 radical (unpaired) electrons. The molecule has 0 N–H and O–H groups in total. The molecule has 8 rings (SSSR count). The van der Waals surface area contributed by atoms with Gasteiger partial charge in [0, 0.05) is 5.92 Å². The van der Waals surface area contributed by atoms with Crippen LogP contribution in [0, 0.1) is 29.1 Å². The van der Waals surface area contributed by atoms with E-state index in [0.29, 0.717) is 17.4 Å². The summed E-state index contributed by atoms with van der Waals surface area (Å²) < 4.78 is 24.8. The topological polar surface area (TPSA) is 36.9 Å². The quantitative estimate of drug-likeness (QED) is 0.220. The first-order valence-electron chi connectivity index (χ1n) is 18.5. The SMILES string of the molecule is C=Cc1ccc(OC(C)OCC23CC4CC(CC(C4)C2)C3)cc1.C=Cc1ccc(OC(OC2CCCCC2)C2CCCCC2)cc1. The predicted molar refractivity (Wildman–Crippen MR) is 189 cm³/mol.